The summed E-state index contributed by atoms with van der Waals surface area (Å²) >= 11 is 0. The number of methoxy groups -OCH3 is 1. The molecule has 0 aliphatic rings. The van der Waals surface area contributed by atoms with Gasteiger partial charge in [0.25, 0.3) is 0 Å². The van der Waals surface area contributed by atoms with E-state index >= 15 is 0 Å². The molecule has 6 heteroatoms. The molecule has 0 aliphatic heterocycles. The zero-order valence-corrected chi connectivity index (χ0v) is 11.3. The molecule has 1 aromatic carbocycles. The lowest BCUT2D eigenvalue weighted by molar-refractivity contribution is 0.0601. The Kier molecular flexibility index (Phi) is 3.35. The topological polar surface area (TPSA) is 57.0 Å². The maximum atomic E-state index is 13.1. The number of benzene rings is 1. The molecular weight excluding hydrogens is 273 g/mol. The number of carbonyl (C=O) groups excluding carboxylic acids is 1. The monoisotopic (exact) mass is 285 g/mol. The molecule has 2 heterocycles. The molecule has 3 aromatic rings. The number of hydrogen-bond donors (Lipinski definition) is 0. The number of hydrogen-bond acceptors (Lipinski definition) is 4. The summed E-state index contributed by atoms with van der Waals surface area (Å²) in [6.45, 7) is 0.410. The lowest BCUT2D eigenvalue weighted by Gasteiger charge is -2.00. The van der Waals surface area contributed by atoms with Crippen molar-refractivity contribution < 1.29 is 13.9 Å². The van der Waals surface area contributed by atoms with E-state index in [1.165, 1.54) is 13.2 Å². The summed E-state index contributed by atoms with van der Waals surface area (Å²) < 4.78 is 19.5. The first-order valence-electron chi connectivity index (χ1n) is 6.30. The second-order valence-electron chi connectivity index (χ2n) is 4.60. The van der Waals surface area contributed by atoms with E-state index in [4.69, 9.17) is 0 Å². The number of rotatable bonds is 3. The standard InChI is InChI=1S/C15H12FN3O2/c1-21-15(20)11-2-3-14-12(5-11)9-19(18-14)8-10-4-13(16)7-17-6-10/h2-7,9H,8H2,1H3. The number of nitrogens with zero attached hydrogens (tertiary/aromatic N) is 3. The minimum atomic E-state index is -0.390. The Morgan fingerprint density at radius 3 is 2.95 bits per heavy atom. The van der Waals surface area contributed by atoms with Crippen molar-refractivity contribution >= 4 is 16.9 Å². The fourth-order valence-corrected chi connectivity index (χ4v) is 2.13. The summed E-state index contributed by atoms with van der Waals surface area (Å²) in [6, 6.07) is 6.55. The average molecular weight is 285 g/mol. The van der Waals surface area contributed by atoms with Gasteiger partial charge in [-0.05, 0) is 29.8 Å². The van der Waals surface area contributed by atoms with E-state index in [0.717, 1.165) is 22.7 Å². The van der Waals surface area contributed by atoms with Gasteiger partial charge in [-0.1, -0.05) is 0 Å². The quantitative estimate of drug-likeness (QED) is 0.693. The Hall–Kier alpha value is -2.76. The molecule has 0 aliphatic carbocycles. The first-order valence-corrected chi connectivity index (χ1v) is 6.30. The van der Waals surface area contributed by atoms with Crippen LogP contribution in [0.15, 0.2) is 42.9 Å². The fraction of sp³-hybridized carbons (Fsp3) is 0.133. The van der Waals surface area contributed by atoms with Crippen LogP contribution in [-0.2, 0) is 11.3 Å². The van der Waals surface area contributed by atoms with Gasteiger partial charge < -0.3 is 4.74 Å². The third-order valence-electron chi connectivity index (χ3n) is 3.08. The van der Waals surface area contributed by atoms with Crippen LogP contribution in [-0.4, -0.2) is 27.8 Å². The number of halogens is 1. The molecule has 21 heavy (non-hydrogen) atoms. The lowest BCUT2D eigenvalue weighted by atomic mass is 10.2. The lowest BCUT2D eigenvalue weighted by Crippen LogP contribution is -2.00. The third-order valence-corrected chi connectivity index (χ3v) is 3.08. The van der Waals surface area contributed by atoms with Crippen molar-refractivity contribution in [2.24, 2.45) is 0 Å². The number of esters is 1. The molecule has 2 aromatic heterocycles. The minimum Gasteiger partial charge on any atom is -0.465 e. The number of aromatic nitrogens is 3. The molecule has 0 spiro atoms. The highest BCUT2D eigenvalue weighted by atomic mass is 19.1. The maximum Gasteiger partial charge on any atom is 0.337 e. The van der Waals surface area contributed by atoms with Crippen LogP contribution in [0.25, 0.3) is 10.9 Å². The average Bonchev–Trinajstić information content (AvgIpc) is 2.87. The van der Waals surface area contributed by atoms with Gasteiger partial charge in [-0.15, -0.1) is 0 Å². The molecule has 5 nitrogen and oxygen atoms in total. The molecule has 3 rings (SSSR count). The van der Waals surface area contributed by atoms with Crippen molar-refractivity contribution in [3.63, 3.8) is 0 Å². The Bertz CT molecular complexity index is 814. The van der Waals surface area contributed by atoms with Gasteiger partial charge in [0.2, 0.25) is 0 Å². The Morgan fingerprint density at radius 2 is 2.19 bits per heavy atom. The smallest absolute Gasteiger partial charge is 0.337 e. The van der Waals surface area contributed by atoms with Gasteiger partial charge in [0, 0.05) is 17.8 Å². The second-order valence-corrected chi connectivity index (χ2v) is 4.60. The molecule has 0 saturated heterocycles. The zero-order valence-electron chi connectivity index (χ0n) is 11.3. The van der Waals surface area contributed by atoms with Crippen molar-refractivity contribution in [3.8, 4) is 0 Å². The molecule has 0 radical (unpaired) electrons. The van der Waals surface area contributed by atoms with Crippen LogP contribution in [0.3, 0.4) is 0 Å². The van der Waals surface area contributed by atoms with Crippen LogP contribution in [0.5, 0.6) is 0 Å². The van der Waals surface area contributed by atoms with Crippen molar-refractivity contribution in [1.29, 1.82) is 0 Å². The van der Waals surface area contributed by atoms with Gasteiger partial charge in [-0.25, -0.2) is 9.18 Å². The van der Waals surface area contributed by atoms with E-state index in [1.54, 1.807) is 35.3 Å². The molecular formula is C15H12FN3O2. The SMILES string of the molecule is COC(=O)c1ccc2nn(Cc3cncc(F)c3)cc2c1. The van der Waals surface area contributed by atoms with E-state index in [9.17, 15) is 9.18 Å². The Labute approximate surface area is 120 Å². The van der Waals surface area contributed by atoms with Crippen molar-refractivity contribution in [2.45, 2.75) is 6.54 Å². The van der Waals surface area contributed by atoms with Gasteiger partial charge in [-0.2, -0.15) is 5.10 Å². The first kappa shape index (κ1) is 13.2. The van der Waals surface area contributed by atoms with E-state index in [0.29, 0.717) is 12.1 Å². The van der Waals surface area contributed by atoms with Gasteiger partial charge in [-0.3, -0.25) is 9.67 Å². The fourth-order valence-electron chi connectivity index (χ4n) is 2.13. The van der Waals surface area contributed by atoms with Crippen LogP contribution < -0.4 is 0 Å². The van der Waals surface area contributed by atoms with Crippen LogP contribution in [0, 0.1) is 5.82 Å². The van der Waals surface area contributed by atoms with E-state index in [1.807, 2.05) is 0 Å². The zero-order chi connectivity index (χ0) is 14.8. The Balaban J connectivity index is 1.92. The van der Waals surface area contributed by atoms with Crippen LogP contribution in [0.4, 0.5) is 4.39 Å². The first-order chi connectivity index (χ1) is 10.2. The Morgan fingerprint density at radius 1 is 1.33 bits per heavy atom. The van der Waals surface area contributed by atoms with Crippen LogP contribution in [0.2, 0.25) is 0 Å². The summed E-state index contributed by atoms with van der Waals surface area (Å²) in [5.74, 6) is -0.767. The highest BCUT2D eigenvalue weighted by molar-refractivity contribution is 5.94. The largest absolute Gasteiger partial charge is 0.465 e. The maximum absolute atomic E-state index is 13.1. The second kappa shape index (κ2) is 5.32. The highest BCUT2D eigenvalue weighted by Gasteiger charge is 2.08. The van der Waals surface area contributed by atoms with Gasteiger partial charge in [0.1, 0.15) is 5.82 Å². The number of pyridine rings is 1. The molecule has 0 unspecified atom stereocenters. The molecule has 0 atom stereocenters. The summed E-state index contributed by atoms with van der Waals surface area (Å²) in [5.41, 5.74) is 1.94. The van der Waals surface area contributed by atoms with E-state index < -0.39 is 0 Å². The highest BCUT2D eigenvalue weighted by Crippen LogP contribution is 2.16. The van der Waals surface area contributed by atoms with Gasteiger partial charge >= 0.3 is 5.97 Å². The minimum absolute atomic E-state index is 0.378. The predicted molar refractivity (Wildman–Crippen MR) is 74.4 cm³/mol. The summed E-state index contributed by atoms with van der Waals surface area (Å²) in [5, 5.41) is 5.20. The van der Waals surface area contributed by atoms with Gasteiger partial charge in [0.05, 0.1) is 30.9 Å². The summed E-state index contributed by atoms with van der Waals surface area (Å²) in [7, 11) is 1.34. The summed E-state index contributed by atoms with van der Waals surface area (Å²) in [6.07, 6.45) is 4.55. The number of fused-ring (bicyclic) bond motifs is 1. The molecule has 0 N–H and O–H groups in total. The number of carbonyl (C=O) groups is 1. The molecule has 106 valence electrons. The predicted octanol–water partition coefficient (Wildman–Crippen LogP) is 2.41. The summed E-state index contributed by atoms with van der Waals surface area (Å²) in [4.78, 5) is 15.3. The molecule has 0 saturated carbocycles. The number of ether oxygens (including phenoxy) is 1. The van der Waals surface area contributed by atoms with E-state index in [-0.39, 0.29) is 11.8 Å². The van der Waals surface area contributed by atoms with Crippen LogP contribution >= 0.6 is 0 Å². The third kappa shape index (κ3) is 2.74. The van der Waals surface area contributed by atoms with Gasteiger partial charge in [0.15, 0.2) is 0 Å². The molecule has 0 bridgehead atoms. The molecule has 0 amide bonds. The normalized spacial score (nSPS) is 10.8. The van der Waals surface area contributed by atoms with Crippen molar-refractivity contribution in [2.75, 3.05) is 7.11 Å². The van der Waals surface area contributed by atoms with Crippen LogP contribution in [0.1, 0.15) is 15.9 Å². The van der Waals surface area contributed by atoms with Crippen molar-refractivity contribution in [1.82, 2.24) is 14.8 Å². The van der Waals surface area contributed by atoms with E-state index in [2.05, 4.69) is 14.8 Å². The molecule has 0 fully saturated rings. The van der Waals surface area contributed by atoms with Crippen molar-refractivity contribution in [3.05, 3.63) is 59.8 Å².